The van der Waals surface area contributed by atoms with Gasteiger partial charge in [0.05, 0.1) is 36.4 Å². The van der Waals surface area contributed by atoms with Crippen LogP contribution < -0.4 is 29.9 Å². The highest BCUT2D eigenvalue weighted by atomic mass is 32.1. The Balaban J connectivity index is 0.861. The van der Waals surface area contributed by atoms with Crippen molar-refractivity contribution in [2.75, 3.05) is 36.2 Å². The van der Waals surface area contributed by atoms with Gasteiger partial charge in [0, 0.05) is 30.8 Å². The molecule has 21 heteroatoms. The number of ether oxygens (including phenoxy) is 3. The second kappa shape index (κ2) is 20.7. The first-order chi connectivity index (χ1) is 33.1. The van der Waals surface area contributed by atoms with Crippen molar-refractivity contribution < 1.29 is 56.1 Å². The highest BCUT2D eigenvalue weighted by Crippen LogP contribution is 2.40. The van der Waals surface area contributed by atoms with Crippen LogP contribution in [0.5, 0.6) is 17.2 Å². The van der Waals surface area contributed by atoms with Gasteiger partial charge >= 0.3 is 6.18 Å². The number of nitriles is 1. The minimum absolute atomic E-state index is 0.0368. The van der Waals surface area contributed by atoms with Crippen LogP contribution in [0.25, 0.3) is 11.3 Å². The van der Waals surface area contributed by atoms with Crippen LogP contribution in [-0.4, -0.2) is 98.8 Å². The standard InChI is InChI=1S/C49H49F3N8O9S/c1-47(2,3)42(44(64)58-26-33(61)21-39(58)43(63)56-23-29-6-8-30(9-7-29)40-25-54-28-68-40)57-41(62)27-66-18-19-67-34-14-16-36(17-15-34)69-35-12-10-31(11-13-35)60-46(70)59(45(65)48(60,4)5)32-20-37(49(50,51)52)38(22-53)55-24-32/h6-17,20,24-25,28,33,39,42,61H,18-19,21,23,26-27H2,1-5H3,(H,56,63)(H,57,62)/t33-,39+,42?/m1/s1. The van der Waals surface area contributed by atoms with Gasteiger partial charge in [-0.05, 0) is 91.6 Å². The second-order valence-electron chi connectivity index (χ2n) is 18.0. The van der Waals surface area contributed by atoms with E-state index in [1.54, 1.807) is 89.3 Å². The van der Waals surface area contributed by atoms with Gasteiger partial charge in [-0.25, -0.2) is 9.97 Å². The molecule has 4 heterocycles. The van der Waals surface area contributed by atoms with Crippen LogP contribution in [0, 0.1) is 16.7 Å². The van der Waals surface area contributed by atoms with Gasteiger partial charge in [0.2, 0.25) is 17.7 Å². The van der Waals surface area contributed by atoms with Gasteiger partial charge in [0.1, 0.15) is 54.2 Å². The van der Waals surface area contributed by atoms with Gasteiger partial charge in [-0.15, -0.1) is 0 Å². The summed E-state index contributed by atoms with van der Waals surface area (Å²) in [6.45, 7) is 8.41. The molecule has 0 saturated carbocycles. The molecule has 2 aliphatic heterocycles. The monoisotopic (exact) mass is 982 g/mol. The minimum Gasteiger partial charge on any atom is -0.491 e. The van der Waals surface area contributed by atoms with E-state index in [2.05, 4.69) is 20.6 Å². The van der Waals surface area contributed by atoms with Crippen LogP contribution in [0.15, 0.2) is 102 Å². The molecule has 0 spiro atoms. The van der Waals surface area contributed by atoms with Crippen molar-refractivity contribution in [1.29, 1.82) is 5.26 Å². The average Bonchev–Trinajstić information content (AvgIpc) is 4.04. The van der Waals surface area contributed by atoms with Crippen LogP contribution in [-0.2, 0) is 36.6 Å². The first-order valence-corrected chi connectivity index (χ1v) is 22.3. The smallest absolute Gasteiger partial charge is 0.419 e. The molecule has 2 aromatic heterocycles. The number of anilines is 2. The van der Waals surface area contributed by atoms with Gasteiger partial charge < -0.3 is 44.2 Å². The summed E-state index contributed by atoms with van der Waals surface area (Å²) in [6, 6.07) is 20.8. The number of aliphatic hydroxyl groups excluding tert-OH is 1. The molecule has 0 aliphatic carbocycles. The Morgan fingerprint density at radius 2 is 1.63 bits per heavy atom. The van der Waals surface area contributed by atoms with Gasteiger partial charge in [-0.2, -0.15) is 18.4 Å². The molecule has 3 N–H and O–H groups in total. The van der Waals surface area contributed by atoms with E-state index >= 15 is 0 Å². The lowest BCUT2D eigenvalue weighted by Gasteiger charge is -2.35. The van der Waals surface area contributed by atoms with E-state index in [-0.39, 0.29) is 50.1 Å². The molecule has 2 aliphatic rings. The lowest BCUT2D eigenvalue weighted by Crippen LogP contribution is -2.58. The number of likely N-dealkylation sites (tertiary alicyclic amines) is 1. The molecule has 3 atom stereocenters. The summed E-state index contributed by atoms with van der Waals surface area (Å²) in [5, 5.41) is 25.2. The molecule has 0 bridgehead atoms. The van der Waals surface area contributed by atoms with Crippen molar-refractivity contribution in [3.63, 3.8) is 0 Å². The third-order valence-electron chi connectivity index (χ3n) is 11.5. The Morgan fingerprint density at radius 3 is 2.24 bits per heavy atom. The molecule has 4 amide bonds. The summed E-state index contributed by atoms with van der Waals surface area (Å²) in [7, 11) is 0. The number of carbonyl (C=O) groups is 4. The summed E-state index contributed by atoms with van der Waals surface area (Å²) in [5.41, 5.74) is -2.27. The van der Waals surface area contributed by atoms with Crippen molar-refractivity contribution >= 4 is 52.3 Å². The first kappa shape index (κ1) is 50.5. The molecule has 7 rings (SSSR count). The summed E-state index contributed by atoms with van der Waals surface area (Å²) in [4.78, 5) is 65.3. The zero-order chi connectivity index (χ0) is 50.5. The number of thiocarbonyl (C=S) groups is 1. The van der Waals surface area contributed by atoms with Crippen LogP contribution in [0.4, 0.5) is 24.5 Å². The number of carbonyl (C=O) groups excluding carboxylic acids is 4. The predicted octanol–water partition coefficient (Wildman–Crippen LogP) is 6.54. The SMILES string of the molecule is CC(C)(C)C(NC(=O)COCCOc1ccc(Oc2ccc(N3C(=S)N(c4cnc(C#N)c(C(F)(F)F)c4)C(=O)C3(C)C)cc2)cc1)C(=O)N1C[C@H](O)C[C@H]1C(=O)NCc1ccc(-c2cnco2)cc1. The molecule has 2 fully saturated rings. The van der Waals surface area contributed by atoms with Gasteiger partial charge in [0.15, 0.2) is 23.0 Å². The maximum absolute atomic E-state index is 14.0. The second-order valence-corrected chi connectivity index (χ2v) is 18.4. The zero-order valence-corrected chi connectivity index (χ0v) is 39.5. The number of hydrogen-bond donors (Lipinski definition) is 3. The van der Waals surface area contributed by atoms with Gasteiger partial charge in [-0.1, -0.05) is 45.0 Å². The minimum atomic E-state index is -4.88. The number of benzene rings is 3. The quantitative estimate of drug-likeness (QED) is 0.0708. The number of pyridine rings is 1. The zero-order valence-electron chi connectivity index (χ0n) is 38.7. The number of oxazole rings is 1. The molecule has 3 aromatic carbocycles. The Hall–Kier alpha value is -7.41. The highest BCUT2D eigenvalue weighted by molar-refractivity contribution is 7.81. The number of nitrogens with one attached hydrogen (secondary N) is 2. The molecule has 17 nitrogen and oxygen atoms in total. The van der Waals surface area contributed by atoms with Crippen molar-refractivity contribution in [2.24, 2.45) is 5.41 Å². The summed E-state index contributed by atoms with van der Waals surface area (Å²) < 4.78 is 63.7. The van der Waals surface area contributed by atoms with E-state index in [9.17, 15) is 37.5 Å². The van der Waals surface area contributed by atoms with Crippen molar-refractivity contribution in [3.05, 3.63) is 114 Å². The maximum atomic E-state index is 14.0. The van der Waals surface area contributed by atoms with Crippen molar-refractivity contribution in [1.82, 2.24) is 25.5 Å². The molecule has 0 radical (unpaired) electrons. The molecule has 366 valence electrons. The third kappa shape index (κ3) is 11.4. The molecule has 2 saturated heterocycles. The maximum Gasteiger partial charge on any atom is 0.419 e. The number of alkyl halides is 3. The predicted molar refractivity (Wildman–Crippen MR) is 251 cm³/mol. The number of rotatable bonds is 16. The summed E-state index contributed by atoms with van der Waals surface area (Å²) in [6.07, 6.45) is -1.81. The Kier molecular flexibility index (Phi) is 14.9. The van der Waals surface area contributed by atoms with E-state index in [0.29, 0.717) is 34.8 Å². The number of halogens is 3. The fourth-order valence-electron chi connectivity index (χ4n) is 7.90. The first-order valence-electron chi connectivity index (χ1n) is 21.9. The molecule has 5 aromatic rings. The van der Waals surface area contributed by atoms with Gasteiger partial charge in [0.25, 0.3) is 5.91 Å². The number of aliphatic hydroxyl groups is 1. The summed E-state index contributed by atoms with van der Waals surface area (Å²) in [5.74, 6) is -0.0836. The van der Waals surface area contributed by atoms with Crippen LogP contribution in [0.3, 0.4) is 0 Å². The fraction of sp³-hybridized carbons (Fsp3) is 0.347. The molecular formula is C49H49F3N8O9S. The van der Waals surface area contributed by atoms with E-state index in [1.165, 1.54) is 22.3 Å². The average molecular weight is 983 g/mol. The molecule has 1 unspecified atom stereocenters. The third-order valence-corrected chi connectivity index (χ3v) is 11.9. The Bertz CT molecular complexity index is 2760. The number of nitrogens with zero attached hydrogens (tertiary/aromatic N) is 6. The number of amides is 4. The van der Waals surface area contributed by atoms with E-state index in [1.807, 2.05) is 24.3 Å². The number of hydrogen-bond acceptors (Lipinski definition) is 13. The lowest BCUT2D eigenvalue weighted by atomic mass is 9.85. The fourth-order valence-corrected chi connectivity index (χ4v) is 8.42. The Morgan fingerprint density at radius 1 is 0.971 bits per heavy atom. The van der Waals surface area contributed by atoms with Crippen molar-refractivity contribution in [2.45, 2.75) is 77.5 Å². The van der Waals surface area contributed by atoms with E-state index in [4.69, 9.17) is 36.1 Å². The lowest BCUT2D eigenvalue weighted by molar-refractivity contribution is -0.144. The Labute approximate surface area is 406 Å². The molecule has 70 heavy (non-hydrogen) atoms. The van der Waals surface area contributed by atoms with Crippen LogP contribution in [0.1, 0.15) is 57.9 Å². The largest absolute Gasteiger partial charge is 0.491 e. The van der Waals surface area contributed by atoms with Gasteiger partial charge in [-0.3, -0.25) is 24.1 Å². The van der Waals surface area contributed by atoms with Crippen molar-refractivity contribution in [3.8, 4) is 34.6 Å². The summed E-state index contributed by atoms with van der Waals surface area (Å²) >= 11 is 5.60. The highest BCUT2D eigenvalue weighted by Gasteiger charge is 2.51. The number of aromatic nitrogens is 2. The van der Waals surface area contributed by atoms with Crippen LogP contribution >= 0.6 is 12.2 Å². The number of β-amino-alcohol motifs (C(OH)–C–C–N with tert-alkyl or cyclic N) is 1. The van der Waals surface area contributed by atoms with Crippen LogP contribution in [0.2, 0.25) is 0 Å². The molecular weight excluding hydrogens is 934 g/mol. The van der Waals surface area contributed by atoms with E-state index in [0.717, 1.165) is 22.2 Å². The van der Waals surface area contributed by atoms with E-state index < -0.39 is 70.2 Å². The normalized spacial score (nSPS) is 17.3. The topological polar surface area (TPSA) is 213 Å².